The third kappa shape index (κ3) is 4.77. The van der Waals surface area contributed by atoms with Crippen LogP contribution in [0.4, 0.5) is 0 Å². The molecule has 0 aliphatic heterocycles. The Morgan fingerprint density at radius 3 is 2.96 bits per heavy atom. The summed E-state index contributed by atoms with van der Waals surface area (Å²) >= 11 is 3.32. The Balaban J connectivity index is 1.71. The van der Waals surface area contributed by atoms with Crippen LogP contribution in [0.15, 0.2) is 58.1 Å². The van der Waals surface area contributed by atoms with Gasteiger partial charge in [-0.15, -0.1) is 0 Å². The third-order valence-electron chi connectivity index (χ3n) is 3.81. The van der Waals surface area contributed by atoms with Crippen molar-refractivity contribution in [1.82, 2.24) is 15.6 Å². The minimum Gasteiger partial charge on any atom is -0.507 e. The first kappa shape index (κ1) is 19.6. The van der Waals surface area contributed by atoms with Crippen LogP contribution < -0.4 is 10.2 Å². The molecule has 28 heavy (non-hydrogen) atoms. The smallest absolute Gasteiger partial charge is 0.289 e. The van der Waals surface area contributed by atoms with E-state index in [2.05, 4.69) is 36.7 Å². The Morgan fingerprint density at radius 2 is 2.14 bits per heavy atom. The molecule has 0 unspecified atom stereocenters. The van der Waals surface area contributed by atoms with Gasteiger partial charge in [-0.25, -0.2) is 5.43 Å². The number of aromatic amines is 1. The second-order valence-electron chi connectivity index (χ2n) is 5.91. The van der Waals surface area contributed by atoms with E-state index >= 15 is 0 Å². The summed E-state index contributed by atoms with van der Waals surface area (Å²) in [6.07, 6.45) is 2.26. The maximum absolute atomic E-state index is 12.3. The first-order valence-corrected chi connectivity index (χ1v) is 9.47. The van der Waals surface area contributed by atoms with Crippen LogP contribution in [-0.4, -0.2) is 34.0 Å². The van der Waals surface area contributed by atoms with Crippen LogP contribution in [-0.2, 0) is 0 Å². The molecule has 3 rings (SSSR count). The van der Waals surface area contributed by atoms with Crippen molar-refractivity contribution in [1.29, 1.82) is 0 Å². The van der Waals surface area contributed by atoms with E-state index < -0.39 is 5.91 Å². The van der Waals surface area contributed by atoms with Crippen LogP contribution in [0.1, 0.15) is 29.4 Å². The molecule has 0 radical (unpaired) electrons. The van der Waals surface area contributed by atoms with Gasteiger partial charge >= 0.3 is 0 Å². The molecule has 1 amide bonds. The van der Waals surface area contributed by atoms with Gasteiger partial charge in [0.2, 0.25) is 0 Å². The highest BCUT2D eigenvalue weighted by Crippen LogP contribution is 2.28. The van der Waals surface area contributed by atoms with Gasteiger partial charge in [-0.3, -0.25) is 9.89 Å². The van der Waals surface area contributed by atoms with Gasteiger partial charge in [0.1, 0.15) is 17.2 Å². The van der Waals surface area contributed by atoms with E-state index in [1.165, 1.54) is 12.3 Å². The number of carbonyl (C=O) groups excluding carboxylic acids is 1. The van der Waals surface area contributed by atoms with Gasteiger partial charge < -0.3 is 9.84 Å². The van der Waals surface area contributed by atoms with Crippen LogP contribution in [0.3, 0.4) is 0 Å². The van der Waals surface area contributed by atoms with Crippen molar-refractivity contribution >= 4 is 28.1 Å². The van der Waals surface area contributed by atoms with Crippen LogP contribution in [0.2, 0.25) is 0 Å². The molecule has 0 saturated heterocycles. The monoisotopic (exact) mass is 442 g/mol. The number of ether oxygens (including phenoxy) is 1. The number of H-pyrrole nitrogens is 1. The normalized spacial score (nSPS) is 10.9. The molecule has 0 fully saturated rings. The van der Waals surface area contributed by atoms with Gasteiger partial charge in [0.15, 0.2) is 0 Å². The topological polar surface area (TPSA) is 99.6 Å². The number of carbonyl (C=O) groups is 1. The summed E-state index contributed by atoms with van der Waals surface area (Å²) < 4.78 is 6.53. The number of aromatic hydroxyl groups is 1. The minimum atomic E-state index is -0.448. The van der Waals surface area contributed by atoms with Crippen molar-refractivity contribution in [2.45, 2.75) is 13.3 Å². The number of rotatable bonds is 7. The van der Waals surface area contributed by atoms with Crippen LogP contribution in [0, 0.1) is 0 Å². The van der Waals surface area contributed by atoms with Crippen molar-refractivity contribution in [2.24, 2.45) is 5.10 Å². The molecule has 8 heteroatoms. The summed E-state index contributed by atoms with van der Waals surface area (Å²) in [5.41, 5.74) is 4.55. The fourth-order valence-corrected chi connectivity index (χ4v) is 2.82. The summed E-state index contributed by atoms with van der Waals surface area (Å²) in [5.74, 6) is 0.330. The molecule has 2 aromatic carbocycles. The summed E-state index contributed by atoms with van der Waals surface area (Å²) in [6, 6.07) is 14.1. The second-order valence-corrected chi connectivity index (χ2v) is 6.83. The molecule has 0 aliphatic rings. The lowest BCUT2D eigenvalue weighted by Crippen LogP contribution is -2.18. The fourth-order valence-electron chi connectivity index (χ4n) is 2.44. The molecule has 0 aliphatic carbocycles. The van der Waals surface area contributed by atoms with Gasteiger partial charge in [0.05, 0.1) is 18.5 Å². The Kier molecular flexibility index (Phi) is 6.44. The van der Waals surface area contributed by atoms with Gasteiger partial charge in [-0.1, -0.05) is 35.0 Å². The number of hydrogen-bond acceptors (Lipinski definition) is 5. The summed E-state index contributed by atoms with van der Waals surface area (Å²) in [5, 5.41) is 20.6. The maximum Gasteiger partial charge on any atom is 0.289 e. The Hall–Kier alpha value is -3.13. The Bertz CT molecular complexity index is 1000. The third-order valence-corrected chi connectivity index (χ3v) is 4.30. The summed E-state index contributed by atoms with van der Waals surface area (Å²) in [4.78, 5) is 12.3. The lowest BCUT2D eigenvalue weighted by atomic mass is 10.1. The number of nitrogens with zero attached hydrogens (tertiary/aromatic N) is 2. The number of para-hydroxylation sites is 1. The number of nitrogens with one attached hydrogen (secondary N) is 2. The van der Waals surface area contributed by atoms with Crippen LogP contribution >= 0.6 is 15.9 Å². The Morgan fingerprint density at radius 1 is 1.32 bits per heavy atom. The van der Waals surface area contributed by atoms with Crippen LogP contribution in [0.5, 0.6) is 11.5 Å². The molecular formula is C20H19BrN4O3. The fraction of sp³-hybridized carbons (Fsp3) is 0.150. The number of hydrogen-bond donors (Lipinski definition) is 3. The van der Waals surface area contributed by atoms with E-state index in [9.17, 15) is 9.90 Å². The molecule has 0 saturated carbocycles. The first-order chi connectivity index (χ1) is 13.6. The minimum absolute atomic E-state index is 0.0636. The molecule has 3 aromatic rings. The number of phenols is 1. The van der Waals surface area contributed by atoms with E-state index in [-0.39, 0.29) is 11.4 Å². The zero-order valence-electron chi connectivity index (χ0n) is 15.1. The van der Waals surface area contributed by atoms with Crippen molar-refractivity contribution < 1.29 is 14.6 Å². The average Bonchev–Trinajstić information content (AvgIpc) is 3.19. The Labute approximate surface area is 170 Å². The lowest BCUT2D eigenvalue weighted by molar-refractivity contribution is 0.0950. The number of hydrazone groups is 1. The summed E-state index contributed by atoms with van der Waals surface area (Å²) in [7, 11) is 0. The van der Waals surface area contributed by atoms with E-state index in [4.69, 9.17) is 4.74 Å². The van der Waals surface area contributed by atoms with Crippen molar-refractivity contribution in [3.63, 3.8) is 0 Å². The predicted molar refractivity (Wildman–Crippen MR) is 111 cm³/mol. The van der Waals surface area contributed by atoms with Crippen molar-refractivity contribution in [3.05, 3.63) is 64.3 Å². The number of benzene rings is 2. The molecule has 1 heterocycles. The number of amides is 1. The number of halogens is 1. The average molecular weight is 443 g/mol. The number of phenolic OH excluding ortho intramolecular Hbond substituents is 1. The molecule has 144 valence electrons. The highest BCUT2D eigenvalue weighted by molar-refractivity contribution is 9.10. The van der Waals surface area contributed by atoms with Gasteiger partial charge in [0.25, 0.3) is 5.91 Å². The first-order valence-electron chi connectivity index (χ1n) is 8.68. The zero-order valence-corrected chi connectivity index (χ0v) is 16.7. The van der Waals surface area contributed by atoms with E-state index in [1.54, 1.807) is 18.2 Å². The second kappa shape index (κ2) is 9.18. The van der Waals surface area contributed by atoms with E-state index in [0.29, 0.717) is 23.6 Å². The summed E-state index contributed by atoms with van der Waals surface area (Å²) in [6.45, 7) is 2.64. The van der Waals surface area contributed by atoms with E-state index in [1.807, 2.05) is 31.2 Å². The highest BCUT2D eigenvalue weighted by Gasteiger charge is 2.13. The van der Waals surface area contributed by atoms with Gasteiger partial charge in [0, 0.05) is 15.6 Å². The predicted octanol–water partition coefficient (Wildman–Crippen LogP) is 4.10. The molecule has 1 aromatic heterocycles. The molecule has 7 nitrogen and oxygen atoms in total. The van der Waals surface area contributed by atoms with Crippen molar-refractivity contribution in [3.8, 4) is 22.8 Å². The highest BCUT2D eigenvalue weighted by atomic mass is 79.9. The molecule has 0 spiro atoms. The maximum atomic E-state index is 12.3. The van der Waals surface area contributed by atoms with Crippen molar-refractivity contribution in [2.75, 3.05) is 6.61 Å². The SMILES string of the molecule is CCCOc1ccccc1-c1cc(C(=O)N/N=C\c2cc(Br)ccc2O)[nH]n1. The zero-order chi connectivity index (χ0) is 19.9. The standard InChI is InChI=1S/C20H19BrN4O3/c1-2-9-28-19-6-4-3-5-15(19)16-11-17(24-23-16)20(27)25-22-12-13-10-14(21)7-8-18(13)26/h3-8,10-12,26H,2,9H2,1H3,(H,23,24)(H,25,27)/b22-12-. The lowest BCUT2D eigenvalue weighted by Gasteiger charge is -2.08. The van der Waals surface area contributed by atoms with Crippen LogP contribution in [0.25, 0.3) is 11.3 Å². The molecule has 0 bridgehead atoms. The molecule has 3 N–H and O–H groups in total. The largest absolute Gasteiger partial charge is 0.507 e. The van der Waals surface area contributed by atoms with Gasteiger partial charge in [-0.05, 0) is 42.8 Å². The quantitative estimate of drug-likeness (QED) is 0.378. The number of aromatic nitrogens is 2. The molecule has 0 atom stereocenters. The van der Waals surface area contributed by atoms with E-state index in [0.717, 1.165) is 16.5 Å². The molecular weight excluding hydrogens is 424 g/mol. The van der Waals surface area contributed by atoms with Gasteiger partial charge in [-0.2, -0.15) is 10.2 Å².